The minimum atomic E-state index is -0.181. The van der Waals surface area contributed by atoms with E-state index in [-0.39, 0.29) is 5.91 Å². The Morgan fingerprint density at radius 2 is 1.95 bits per heavy atom. The number of carbonyl (C=O) groups excluding carboxylic acids is 1. The molecule has 0 spiro atoms. The predicted molar refractivity (Wildman–Crippen MR) is 80.7 cm³/mol. The SMILES string of the molecule is Cc1ccc(NC(=O)c2ccc3n[nH]nc3c2)c(Br)c1. The Bertz CT molecular complexity index is 797. The lowest BCUT2D eigenvalue weighted by Gasteiger charge is -2.08. The molecular formula is C14H11BrN4O. The molecule has 2 N–H and O–H groups in total. The van der Waals surface area contributed by atoms with Crippen LogP contribution in [0.5, 0.6) is 0 Å². The summed E-state index contributed by atoms with van der Waals surface area (Å²) >= 11 is 3.44. The highest BCUT2D eigenvalue weighted by molar-refractivity contribution is 9.10. The van der Waals surface area contributed by atoms with E-state index in [1.165, 1.54) is 0 Å². The maximum absolute atomic E-state index is 12.2. The molecule has 5 nitrogen and oxygen atoms in total. The van der Waals surface area contributed by atoms with Crippen LogP contribution in [0.3, 0.4) is 0 Å². The molecule has 6 heteroatoms. The molecule has 2 aromatic carbocycles. The van der Waals surface area contributed by atoms with Crippen LogP contribution in [0, 0.1) is 6.92 Å². The first-order valence-electron chi connectivity index (χ1n) is 6.01. The Labute approximate surface area is 123 Å². The quantitative estimate of drug-likeness (QED) is 0.757. The number of carbonyl (C=O) groups is 1. The maximum Gasteiger partial charge on any atom is 0.255 e. The highest BCUT2D eigenvalue weighted by atomic mass is 79.9. The van der Waals surface area contributed by atoms with E-state index < -0.39 is 0 Å². The van der Waals surface area contributed by atoms with Crippen LogP contribution in [0.4, 0.5) is 5.69 Å². The van der Waals surface area contributed by atoms with Crippen molar-refractivity contribution < 1.29 is 4.79 Å². The highest BCUT2D eigenvalue weighted by Crippen LogP contribution is 2.24. The number of nitrogens with zero attached hydrogens (tertiary/aromatic N) is 2. The minimum Gasteiger partial charge on any atom is -0.321 e. The zero-order chi connectivity index (χ0) is 14.1. The van der Waals surface area contributed by atoms with Crippen molar-refractivity contribution in [3.63, 3.8) is 0 Å². The normalized spacial score (nSPS) is 10.7. The van der Waals surface area contributed by atoms with Gasteiger partial charge in [-0.1, -0.05) is 6.07 Å². The Hall–Kier alpha value is -2.21. The number of H-pyrrole nitrogens is 1. The molecule has 1 aromatic heterocycles. The summed E-state index contributed by atoms with van der Waals surface area (Å²) in [7, 11) is 0. The van der Waals surface area contributed by atoms with Crippen molar-refractivity contribution >= 4 is 38.6 Å². The number of aromatic nitrogens is 3. The average molecular weight is 331 g/mol. The third-order valence-electron chi connectivity index (χ3n) is 2.95. The van der Waals surface area contributed by atoms with Crippen LogP contribution >= 0.6 is 15.9 Å². The van der Waals surface area contributed by atoms with E-state index in [0.717, 1.165) is 21.2 Å². The second-order valence-corrected chi connectivity index (χ2v) is 5.32. The van der Waals surface area contributed by atoms with E-state index in [1.54, 1.807) is 18.2 Å². The average Bonchev–Trinajstić information content (AvgIpc) is 2.89. The molecule has 0 radical (unpaired) electrons. The molecule has 1 heterocycles. The van der Waals surface area contributed by atoms with Crippen LogP contribution in [0.15, 0.2) is 40.9 Å². The molecule has 100 valence electrons. The summed E-state index contributed by atoms with van der Waals surface area (Å²) in [6.07, 6.45) is 0. The molecule has 0 unspecified atom stereocenters. The monoisotopic (exact) mass is 330 g/mol. The summed E-state index contributed by atoms with van der Waals surface area (Å²) in [5.74, 6) is -0.181. The molecule has 3 rings (SSSR count). The van der Waals surface area contributed by atoms with Gasteiger partial charge in [0, 0.05) is 10.0 Å². The molecule has 0 aliphatic heterocycles. The number of nitrogens with one attached hydrogen (secondary N) is 2. The molecule has 0 fully saturated rings. The van der Waals surface area contributed by atoms with Gasteiger partial charge in [-0.25, -0.2) is 0 Å². The zero-order valence-corrected chi connectivity index (χ0v) is 12.2. The van der Waals surface area contributed by atoms with Crippen molar-refractivity contribution in [3.05, 3.63) is 52.0 Å². The molecule has 0 saturated heterocycles. The van der Waals surface area contributed by atoms with Gasteiger partial charge in [-0.15, -0.1) is 0 Å². The van der Waals surface area contributed by atoms with Gasteiger partial charge in [0.1, 0.15) is 11.0 Å². The number of benzene rings is 2. The van der Waals surface area contributed by atoms with Gasteiger partial charge in [0.25, 0.3) is 5.91 Å². The fourth-order valence-corrected chi connectivity index (χ4v) is 2.49. The number of aryl methyl sites for hydroxylation is 1. The second kappa shape index (κ2) is 5.05. The number of hydrogen-bond donors (Lipinski definition) is 2. The van der Waals surface area contributed by atoms with Crippen molar-refractivity contribution in [3.8, 4) is 0 Å². The number of fused-ring (bicyclic) bond motifs is 1. The van der Waals surface area contributed by atoms with Gasteiger partial charge < -0.3 is 5.32 Å². The van der Waals surface area contributed by atoms with E-state index in [2.05, 4.69) is 36.7 Å². The summed E-state index contributed by atoms with van der Waals surface area (Å²) in [5.41, 5.74) is 3.80. The molecule has 0 aliphatic carbocycles. The molecule has 0 saturated carbocycles. The maximum atomic E-state index is 12.2. The topological polar surface area (TPSA) is 70.7 Å². The molecule has 0 bridgehead atoms. The first-order valence-corrected chi connectivity index (χ1v) is 6.81. The number of hydrogen-bond acceptors (Lipinski definition) is 3. The third kappa shape index (κ3) is 2.42. The molecule has 1 amide bonds. The van der Waals surface area contributed by atoms with Crippen LogP contribution in [0.1, 0.15) is 15.9 Å². The van der Waals surface area contributed by atoms with E-state index >= 15 is 0 Å². The first-order chi connectivity index (χ1) is 9.63. The Kier molecular flexibility index (Phi) is 3.23. The zero-order valence-electron chi connectivity index (χ0n) is 10.6. The number of aromatic amines is 1. The lowest BCUT2D eigenvalue weighted by Crippen LogP contribution is -2.12. The highest BCUT2D eigenvalue weighted by Gasteiger charge is 2.10. The van der Waals surface area contributed by atoms with Crippen molar-refractivity contribution in [2.45, 2.75) is 6.92 Å². The standard InChI is InChI=1S/C14H11BrN4O/c1-8-2-4-11(10(15)6-8)16-14(20)9-3-5-12-13(7-9)18-19-17-12/h2-7H,1H3,(H,16,20)(H,17,18,19). The molecule has 20 heavy (non-hydrogen) atoms. The summed E-state index contributed by atoms with van der Waals surface area (Å²) in [6.45, 7) is 1.99. The molecular weight excluding hydrogens is 320 g/mol. The largest absolute Gasteiger partial charge is 0.321 e. The van der Waals surface area contributed by atoms with Crippen LogP contribution in [-0.4, -0.2) is 21.3 Å². The van der Waals surface area contributed by atoms with Gasteiger partial charge in [-0.05, 0) is 58.7 Å². The van der Waals surface area contributed by atoms with Gasteiger partial charge in [0.05, 0.1) is 5.69 Å². The number of halogens is 1. The van der Waals surface area contributed by atoms with Crippen molar-refractivity contribution in [1.29, 1.82) is 0 Å². The smallest absolute Gasteiger partial charge is 0.255 e. The van der Waals surface area contributed by atoms with Crippen LogP contribution < -0.4 is 5.32 Å². The van der Waals surface area contributed by atoms with Crippen LogP contribution in [-0.2, 0) is 0 Å². The van der Waals surface area contributed by atoms with Crippen molar-refractivity contribution in [2.75, 3.05) is 5.32 Å². The fourth-order valence-electron chi connectivity index (χ4n) is 1.90. The van der Waals surface area contributed by atoms with Gasteiger partial charge in [0.15, 0.2) is 0 Å². The van der Waals surface area contributed by atoms with E-state index in [9.17, 15) is 4.79 Å². The first kappa shape index (κ1) is 12.8. The number of rotatable bonds is 2. The van der Waals surface area contributed by atoms with E-state index in [0.29, 0.717) is 11.1 Å². The predicted octanol–water partition coefficient (Wildman–Crippen LogP) is 3.28. The van der Waals surface area contributed by atoms with Crippen LogP contribution in [0.2, 0.25) is 0 Å². The molecule has 0 aliphatic rings. The number of amides is 1. The van der Waals surface area contributed by atoms with Crippen molar-refractivity contribution in [2.24, 2.45) is 0 Å². The van der Waals surface area contributed by atoms with E-state index in [1.807, 2.05) is 25.1 Å². The minimum absolute atomic E-state index is 0.181. The third-order valence-corrected chi connectivity index (χ3v) is 3.61. The summed E-state index contributed by atoms with van der Waals surface area (Å²) in [6, 6.07) is 11.0. The van der Waals surface area contributed by atoms with Gasteiger partial charge in [-0.3, -0.25) is 4.79 Å². The summed E-state index contributed by atoms with van der Waals surface area (Å²) < 4.78 is 0.855. The van der Waals surface area contributed by atoms with Gasteiger partial charge in [0.2, 0.25) is 0 Å². The lowest BCUT2D eigenvalue weighted by molar-refractivity contribution is 0.102. The van der Waals surface area contributed by atoms with Crippen molar-refractivity contribution in [1.82, 2.24) is 15.4 Å². The molecule has 0 atom stereocenters. The lowest BCUT2D eigenvalue weighted by atomic mass is 10.1. The molecule has 3 aromatic rings. The summed E-state index contributed by atoms with van der Waals surface area (Å²) in [5, 5.41) is 13.3. The van der Waals surface area contributed by atoms with E-state index in [4.69, 9.17) is 0 Å². The van der Waals surface area contributed by atoms with Gasteiger partial charge in [-0.2, -0.15) is 15.4 Å². The Morgan fingerprint density at radius 3 is 2.75 bits per heavy atom. The second-order valence-electron chi connectivity index (χ2n) is 4.46. The Balaban J connectivity index is 1.88. The van der Waals surface area contributed by atoms with Gasteiger partial charge >= 0.3 is 0 Å². The number of anilines is 1. The Morgan fingerprint density at radius 1 is 1.15 bits per heavy atom. The fraction of sp³-hybridized carbons (Fsp3) is 0.0714. The van der Waals surface area contributed by atoms with Crippen LogP contribution in [0.25, 0.3) is 11.0 Å². The summed E-state index contributed by atoms with van der Waals surface area (Å²) in [4.78, 5) is 12.2.